The summed E-state index contributed by atoms with van der Waals surface area (Å²) in [6.45, 7) is 1.61. The summed E-state index contributed by atoms with van der Waals surface area (Å²) in [5.41, 5.74) is 1.34. The fraction of sp³-hybridized carbons (Fsp3) is 0.333. The van der Waals surface area contributed by atoms with Crippen molar-refractivity contribution in [3.05, 3.63) is 29.8 Å². The molecule has 108 valence electrons. The summed E-state index contributed by atoms with van der Waals surface area (Å²) in [6, 6.07) is 5.75. The molecule has 20 heavy (non-hydrogen) atoms. The van der Waals surface area contributed by atoms with E-state index in [4.69, 9.17) is 0 Å². The van der Waals surface area contributed by atoms with Gasteiger partial charge in [0.05, 0.1) is 10.6 Å². The van der Waals surface area contributed by atoms with Crippen LogP contribution >= 0.6 is 0 Å². The lowest BCUT2D eigenvalue weighted by Crippen LogP contribution is -2.52. The van der Waals surface area contributed by atoms with Gasteiger partial charge < -0.3 is 5.21 Å². The van der Waals surface area contributed by atoms with Crippen molar-refractivity contribution in [2.45, 2.75) is 17.4 Å². The molecule has 0 aliphatic carbocycles. The molecule has 1 aromatic carbocycles. The average molecular weight is 297 g/mol. The van der Waals surface area contributed by atoms with Crippen LogP contribution in [0.25, 0.3) is 0 Å². The number of hydroxylamine groups is 1. The van der Waals surface area contributed by atoms with Crippen molar-refractivity contribution in [1.29, 1.82) is 0 Å². The summed E-state index contributed by atoms with van der Waals surface area (Å²) in [6.07, 6.45) is 1.10. The molecule has 2 rings (SSSR count). The van der Waals surface area contributed by atoms with Crippen molar-refractivity contribution in [1.82, 2.24) is 10.5 Å². The molecule has 1 atom stereocenters. The van der Waals surface area contributed by atoms with E-state index in [2.05, 4.69) is 5.10 Å². The molecule has 0 saturated heterocycles. The van der Waals surface area contributed by atoms with Gasteiger partial charge in [0.1, 0.15) is 0 Å². The summed E-state index contributed by atoms with van der Waals surface area (Å²) < 4.78 is 22.9. The average Bonchev–Trinajstić information content (AvgIpc) is 2.60. The molecule has 8 heteroatoms. The van der Waals surface area contributed by atoms with Crippen LogP contribution in [0, 0.1) is 0 Å². The van der Waals surface area contributed by atoms with E-state index in [0.29, 0.717) is 11.3 Å². The number of amides is 1. The molecule has 1 amide bonds. The lowest BCUT2D eigenvalue weighted by atomic mass is 9.86. The minimum atomic E-state index is -3.32. The Labute approximate surface area is 116 Å². The van der Waals surface area contributed by atoms with Crippen molar-refractivity contribution in [3.63, 3.8) is 0 Å². The highest BCUT2D eigenvalue weighted by atomic mass is 32.2. The van der Waals surface area contributed by atoms with Gasteiger partial charge in [0.2, 0.25) is 0 Å². The van der Waals surface area contributed by atoms with E-state index in [0.717, 1.165) is 11.3 Å². The van der Waals surface area contributed by atoms with E-state index in [9.17, 15) is 18.4 Å². The smallest absolute Gasteiger partial charge is 0.275 e. The Hall–Kier alpha value is -1.77. The van der Waals surface area contributed by atoms with Crippen LogP contribution in [-0.4, -0.2) is 43.6 Å². The lowest BCUT2D eigenvalue weighted by molar-refractivity contribution is -0.136. The second kappa shape index (κ2) is 4.65. The minimum absolute atomic E-state index is 0.141. The largest absolute Gasteiger partial charge is 0.315 e. The van der Waals surface area contributed by atoms with Crippen LogP contribution in [0.1, 0.15) is 12.5 Å². The highest BCUT2D eigenvalue weighted by molar-refractivity contribution is 7.90. The SMILES string of the molecule is CC1=NN(C)C(=O)C1(NO)c1ccc(S(C)(=O)=O)cc1. The molecular formula is C12H15N3O4S. The second-order valence-electron chi connectivity index (χ2n) is 4.67. The van der Waals surface area contributed by atoms with Gasteiger partial charge in [-0.1, -0.05) is 12.1 Å². The molecule has 0 fully saturated rings. The first-order valence-electron chi connectivity index (χ1n) is 5.79. The van der Waals surface area contributed by atoms with E-state index < -0.39 is 21.3 Å². The highest BCUT2D eigenvalue weighted by Gasteiger charge is 2.49. The van der Waals surface area contributed by atoms with Crippen LogP contribution in [0.5, 0.6) is 0 Å². The Morgan fingerprint density at radius 3 is 2.20 bits per heavy atom. The van der Waals surface area contributed by atoms with Crippen LogP contribution in [0.15, 0.2) is 34.3 Å². The monoisotopic (exact) mass is 297 g/mol. The molecule has 0 radical (unpaired) electrons. The quantitative estimate of drug-likeness (QED) is 0.772. The first-order chi connectivity index (χ1) is 9.23. The molecule has 1 aliphatic rings. The zero-order valence-electron chi connectivity index (χ0n) is 11.3. The van der Waals surface area contributed by atoms with Gasteiger partial charge in [-0.2, -0.15) is 10.6 Å². The third kappa shape index (κ3) is 2.01. The van der Waals surface area contributed by atoms with E-state index >= 15 is 0 Å². The normalized spacial score (nSPS) is 23.1. The molecule has 0 bridgehead atoms. The van der Waals surface area contributed by atoms with Crippen molar-refractivity contribution in [2.24, 2.45) is 5.10 Å². The highest BCUT2D eigenvalue weighted by Crippen LogP contribution is 2.30. The number of rotatable bonds is 3. The van der Waals surface area contributed by atoms with Gasteiger partial charge >= 0.3 is 0 Å². The Kier molecular flexibility index (Phi) is 3.41. The molecule has 1 heterocycles. The van der Waals surface area contributed by atoms with Gasteiger partial charge in [0.25, 0.3) is 5.91 Å². The van der Waals surface area contributed by atoms with E-state index in [-0.39, 0.29) is 4.90 Å². The molecule has 1 aromatic rings. The number of likely N-dealkylation sites (N-methyl/N-ethyl adjacent to an activating group) is 1. The predicted octanol–water partition coefficient (Wildman–Crippen LogP) is 0.112. The van der Waals surface area contributed by atoms with Gasteiger partial charge in [-0.25, -0.2) is 13.4 Å². The van der Waals surface area contributed by atoms with Crippen molar-refractivity contribution >= 4 is 21.5 Å². The lowest BCUT2D eigenvalue weighted by Gasteiger charge is -2.26. The molecular weight excluding hydrogens is 282 g/mol. The fourth-order valence-corrected chi connectivity index (χ4v) is 2.85. The number of hydrogen-bond donors (Lipinski definition) is 2. The number of nitrogens with zero attached hydrogens (tertiary/aromatic N) is 2. The third-order valence-corrected chi connectivity index (χ3v) is 4.47. The number of hydrogen-bond acceptors (Lipinski definition) is 6. The summed E-state index contributed by atoms with van der Waals surface area (Å²) in [5.74, 6) is -0.440. The zero-order valence-corrected chi connectivity index (χ0v) is 12.1. The molecule has 2 N–H and O–H groups in total. The van der Waals surface area contributed by atoms with Gasteiger partial charge in [-0.3, -0.25) is 4.79 Å². The fourth-order valence-electron chi connectivity index (χ4n) is 2.22. The summed E-state index contributed by atoms with van der Waals surface area (Å²) in [4.78, 5) is 12.4. The number of benzene rings is 1. The Bertz CT molecular complexity index is 681. The summed E-state index contributed by atoms with van der Waals surface area (Å²) >= 11 is 0. The Morgan fingerprint density at radius 2 is 1.85 bits per heavy atom. The summed E-state index contributed by atoms with van der Waals surface area (Å²) in [7, 11) is -1.83. The second-order valence-corrected chi connectivity index (χ2v) is 6.69. The molecule has 0 saturated carbocycles. The van der Waals surface area contributed by atoms with Crippen LogP contribution in [0.2, 0.25) is 0 Å². The molecule has 7 nitrogen and oxygen atoms in total. The number of sulfone groups is 1. The number of carbonyl (C=O) groups excluding carboxylic acids is 1. The van der Waals surface area contributed by atoms with Crippen molar-refractivity contribution < 1.29 is 18.4 Å². The van der Waals surface area contributed by atoms with E-state index in [1.165, 1.54) is 31.3 Å². The topological polar surface area (TPSA) is 99.1 Å². The molecule has 1 aliphatic heterocycles. The van der Waals surface area contributed by atoms with Crippen LogP contribution in [0.3, 0.4) is 0 Å². The van der Waals surface area contributed by atoms with E-state index in [1.54, 1.807) is 6.92 Å². The van der Waals surface area contributed by atoms with Crippen LogP contribution < -0.4 is 5.48 Å². The van der Waals surface area contributed by atoms with Gasteiger partial charge in [0, 0.05) is 13.3 Å². The molecule has 0 aromatic heterocycles. The standard InChI is InChI=1S/C12H15N3O4S/c1-8-12(14-17,11(16)15(2)13-8)9-4-6-10(7-5-9)20(3,18)19/h4-7,14,17H,1-3H3. The van der Waals surface area contributed by atoms with E-state index in [1.807, 2.05) is 5.48 Å². The summed E-state index contributed by atoms with van der Waals surface area (Å²) in [5, 5.41) is 14.6. The predicted molar refractivity (Wildman–Crippen MR) is 72.0 cm³/mol. The van der Waals surface area contributed by atoms with Crippen molar-refractivity contribution in [3.8, 4) is 0 Å². The number of carbonyl (C=O) groups is 1. The number of nitrogens with one attached hydrogen (secondary N) is 1. The first-order valence-corrected chi connectivity index (χ1v) is 7.68. The molecule has 1 unspecified atom stereocenters. The molecule has 0 spiro atoms. The van der Waals surface area contributed by atoms with Crippen LogP contribution in [-0.2, 0) is 20.2 Å². The third-order valence-electron chi connectivity index (χ3n) is 3.34. The maximum absolute atomic E-state index is 12.2. The number of hydrazone groups is 1. The van der Waals surface area contributed by atoms with Gasteiger partial charge in [-0.15, -0.1) is 0 Å². The minimum Gasteiger partial charge on any atom is -0.315 e. The van der Waals surface area contributed by atoms with Crippen molar-refractivity contribution in [2.75, 3.05) is 13.3 Å². The Morgan fingerprint density at radius 1 is 1.30 bits per heavy atom. The van der Waals surface area contributed by atoms with Gasteiger partial charge in [0.15, 0.2) is 15.4 Å². The maximum atomic E-state index is 12.2. The maximum Gasteiger partial charge on any atom is 0.275 e. The van der Waals surface area contributed by atoms with Crippen LogP contribution in [0.4, 0.5) is 0 Å². The Balaban J connectivity index is 2.54. The first kappa shape index (κ1) is 14.6. The van der Waals surface area contributed by atoms with Gasteiger partial charge in [-0.05, 0) is 24.6 Å². The zero-order chi connectivity index (χ0) is 15.1.